The molecule has 1 aliphatic rings. The Hall–Kier alpha value is -2.34. The maximum atomic E-state index is 12.9. The fraction of sp³-hybridized carbons (Fsp3) is 0.391. The highest BCUT2D eigenvalue weighted by atomic mass is 79.9. The Morgan fingerprint density at radius 3 is 2.38 bits per heavy atom. The zero-order chi connectivity index (χ0) is 21.0. The van der Waals surface area contributed by atoms with Crippen LogP contribution in [0.15, 0.2) is 46.9 Å². The summed E-state index contributed by atoms with van der Waals surface area (Å²) < 4.78 is 0.883. The van der Waals surface area contributed by atoms with Crippen molar-refractivity contribution in [3.8, 4) is 0 Å². The average Bonchev–Trinajstić information content (AvgIpc) is 2.67. The number of benzene rings is 2. The van der Waals surface area contributed by atoms with Crippen molar-refractivity contribution in [2.45, 2.75) is 26.7 Å². The third kappa shape index (κ3) is 5.60. The minimum Gasteiger partial charge on any atom is -0.478 e. The van der Waals surface area contributed by atoms with Gasteiger partial charge >= 0.3 is 5.97 Å². The van der Waals surface area contributed by atoms with Crippen LogP contribution in [-0.4, -0.2) is 36.6 Å². The number of hydrogen-bond acceptors (Lipinski definition) is 3. The highest BCUT2D eigenvalue weighted by molar-refractivity contribution is 9.10. The van der Waals surface area contributed by atoms with Gasteiger partial charge in [0.05, 0.1) is 11.1 Å². The van der Waals surface area contributed by atoms with Crippen molar-refractivity contribution in [2.24, 2.45) is 11.8 Å². The van der Waals surface area contributed by atoms with Gasteiger partial charge in [-0.1, -0.05) is 41.9 Å². The predicted octanol–water partition coefficient (Wildman–Crippen LogP) is 4.60. The lowest BCUT2D eigenvalue weighted by atomic mass is 9.91. The van der Waals surface area contributed by atoms with Gasteiger partial charge in [0.2, 0.25) is 0 Å². The Morgan fingerprint density at radius 2 is 1.76 bits per heavy atom. The smallest absolute Gasteiger partial charge is 0.335 e. The van der Waals surface area contributed by atoms with Crippen molar-refractivity contribution >= 4 is 33.5 Å². The molecule has 0 unspecified atom stereocenters. The largest absolute Gasteiger partial charge is 0.478 e. The van der Waals surface area contributed by atoms with Crippen molar-refractivity contribution in [1.82, 2.24) is 5.32 Å². The summed E-state index contributed by atoms with van der Waals surface area (Å²) in [5, 5.41) is 12.0. The quantitative estimate of drug-likeness (QED) is 0.663. The van der Waals surface area contributed by atoms with E-state index in [1.54, 1.807) is 24.3 Å². The summed E-state index contributed by atoms with van der Waals surface area (Å²) in [5.74, 6) is 0.182. The van der Waals surface area contributed by atoms with Gasteiger partial charge in [-0.15, -0.1) is 0 Å². The van der Waals surface area contributed by atoms with Crippen molar-refractivity contribution < 1.29 is 14.7 Å². The molecule has 3 rings (SSSR count). The number of carbonyl (C=O) groups excluding carboxylic acids is 1. The van der Waals surface area contributed by atoms with E-state index in [2.05, 4.69) is 40.0 Å². The van der Waals surface area contributed by atoms with Gasteiger partial charge in [0, 0.05) is 29.8 Å². The van der Waals surface area contributed by atoms with Gasteiger partial charge in [0.15, 0.2) is 0 Å². The molecule has 1 saturated heterocycles. The van der Waals surface area contributed by atoms with Gasteiger partial charge in [0.1, 0.15) is 0 Å². The number of carboxylic acids is 1. The molecule has 154 valence electrons. The van der Waals surface area contributed by atoms with Crippen LogP contribution in [0.2, 0.25) is 0 Å². The summed E-state index contributed by atoms with van der Waals surface area (Å²) in [7, 11) is 0. The van der Waals surface area contributed by atoms with Crippen LogP contribution in [0.5, 0.6) is 0 Å². The highest BCUT2D eigenvalue weighted by Crippen LogP contribution is 2.30. The summed E-state index contributed by atoms with van der Waals surface area (Å²) in [6.07, 6.45) is 1.86. The molecule has 2 aromatic rings. The first-order chi connectivity index (χ1) is 13.8. The van der Waals surface area contributed by atoms with E-state index in [9.17, 15) is 9.59 Å². The Labute approximate surface area is 180 Å². The van der Waals surface area contributed by atoms with Crippen LogP contribution in [0.3, 0.4) is 0 Å². The van der Waals surface area contributed by atoms with E-state index >= 15 is 0 Å². The first kappa shape index (κ1) is 21.4. The van der Waals surface area contributed by atoms with Gasteiger partial charge in [-0.2, -0.15) is 0 Å². The number of piperidine rings is 1. The van der Waals surface area contributed by atoms with Crippen LogP contribution in [0.4, 0.5) is 5.69 Å². The van der Waals surface area contributed by atoms with Gasteiger partial charge in [0.25, 0.3) is 5.91 Å². The molecule has 0 saturated carbocycles. The summed E-state index contributed by atoms with van der Waals surface area (Å²) >= 11 is 3.49. The lowest BCUT2D eigenvalue weighted by Crippen LogP contribution is -2.40. The zero-order valence-electron chi connectivity index (χ0n) is 16.8. The first-order valence-electron chi connectivity index (χ1n) is 9.98. The van der Waals surface area contributed by atoms with E-state index in [1.807, 2.05) is 18.2 Å². The molecule has 2 atom stereocenters. The second-order valence-electron chi connectivity index (χ2n) is 8.02. The van der Waals surface area contributed by atoms with Crippen molar-refractivity contribution in [3.63, 3.8) is 0 Å². The number of anilines is 1. The number of carbonyl (C=O) groups is 2. The van der Waals surface area contributed by atoms with Gasteiger partial charge in [-0.3, -0.25) is 4.79 Å². The molecule has 1 amide bonds. The molecule has 1 heterocycles. The average molecular weight is 459 g/mol. The Balaban J connectivity index is 1.67. The SMILES string of the molecule is C[C@@H]1C[C@H](C)CN(c2ccc(Br)cc2C(=O)NCCc2ccc(C(=O)O)cc2)C1. The minimum absolute atomic E-state index is 0.0886. The minimum atomic E-state index is -0.937. The zero-order valence-corrected chi connectivity index (χ0v) is 18.4. The van der Waals surface area contributed by atoms with Crippen LogP contribution in [-0.2, 0) is 6.42 Å². The van der Waals surface area contributed by atoms with E-state index in [1.165, 1.54) is 6.42 Å². The molecule has 0 radical (unpaired) electrons. The summed E-state index contributed by atoms with van der Waals surface area (Å²) in [5.41, 5.74) is 2.92. The molecular formula is C23H27BrN2O3. The molecular weight excluding hydrogens is 432 g/mol. The van der Waals surface area contributed by atoms with Crippen LogP contribution < -0.4 is 10.2 Å². The summed E-state index contributed by atoms with van der Waals surface area (Å²) in [4.78, 5) is 26.2. The summed E-state index contributed by atoms with van der Waals surface area (Å²) in [6.45, 7) is 6.93. The van der Waals surface area contributed by atoms with Crippen LogP contribution in [0, 0.1) is 11.8 Å². The highest BCUT2D eigenvalue weighted by Gasteiger charge is 2.25. The number of carboxylic acid groups (broad SMARTS) is 1. The molecule has 0 aromatic heterocycles. The number of aromatic carboxylic acids is 1. The number of rotatable bonds is 6. The fourth-order valence-electron chi connectivity index (χ4n) is 4.06. The molecule has 5 nitrogen and oxygen atoms in total. The standard InChI is InChI=1S/C23H27BrN2O3/c1-15-11-16(2)14-26(13-15)21-8-7-19(24)12-20(21)22(27)25-10-9-17-3-5-18(6-4-17)23(28)29/h3-8,12,15-16H,9-11,13-14H2,1-2H3,(H,25,27)(H,28,29)/t15-,16+. The van der Waals surface area contributed by atoms with E-state index in [0.29, 0.717) is 30.4 Å². The van der Waals surface area contributed by atoms with E-state index in [-0.39, 0.29) is 11.5 Å². The van der Waals surface area contributed by atoms with Gasteiger partial charge in [-0.25, -0.2) is 4.79 Å². The molecule has 2 N–H and O–H groups in total. The van der Waals surface area contributed by atoms with Crippen molar-refractivity contribution in [3.05, 3.63) is 63.6 Å². The Bertz CT molecular complexity index is 872. The van der Waals surface area contributed by atoms with Crippen LogP contribution >= 0.6 is 15.9 Å². The number of nitrogens with one attached hydrogen (secondary N) is 1. The number of amides is 1. The molecule has 29 heavy (non-hydrogen) atoms. The molecule has 1 aliphatic heterocycles. The Morgan fingerprint density at radius 1 is 1.10 bits per heavy atom. The lowest BCUT2D eigenvalue weighted by Gasteiger charge is -2.37. The topological polar surface area (TPSA) is 69.6 Å². The number of hydrogen-bond donors (Lipinski definition) is 2. The molecule has 1 fully saturated rings. The first-order valence-corrected chi connectivity index (χ1v) is 10.8. The lowest BCUT2D eigenvalue weighted by molar-refractivity contribution is 0.0696. The summed E-state index contributed by atoms with van der Waals surface area (Å²) in [6, 6.07) is 12.6. The monoisotopic (exact) mass is 458 g/mol. The Kier molecular flexibility index (Phi) is 6.96. The van der Waals surface area contributed by atoms with Crippen LogP contribution in [0.1, 0.15) is 46.5 Å². The van der Waals surface area contributed by atoms with E-state index < -0.39 is 5.97 Å². The third-order valence-electron chi connectivity index (χ3n) is 5.31. The molecule has 0 spiro atoms. The van der Waals surface area contributed by atoms with E-state index in [0.717, 1.165) is 28.8 Å². The molecule has 2 aromatic carbocycles. The van der Waals surface area contributed by atoms with Crippen LogP contribution in [0.25, 0.3) is 0 Å². The fourth-order valence-corrected chi connectivity index (χ4v) is 4.42. The normalized spacial score (nSPS) is 19.1. The van der Waals surface area contributed by atoms with E-state index in [4.69, 9.17) is 5.11 Å². The number of nitrogens with zero attached hydrogens (tertiary/aromatic N) is 1. The maximum Gasteiger partial charge on any atom is 0.335 e. The van der Waals surface area contributed by atoms with Crippen molar-refractivity contribution in [2.75, 3.05) is 24.5 Å². The molecule has 0 aliphatic carbocycles. The third-order valence-corrected chi connectivity index (χ3v) is 5.81. The number of halogens is 1. The second-order valence-corrected chi connectivity index (χ2v) is 8.94. The molecule has 0 bridgehead atoms. The second kappa shape index (κ2) is 9.44. The van der Waals surface area contributed by atoms with Crippen molar-refractivity contribution in [1.29, 1.82) is 0 Å². The maximum absolute atomic E-state index is 12.9. The molecule has 6 heteroatoms. The predicted molar refractivity (Wildman–Crippen MR) is 119 cm³/mol. The van der Waals surface area contributed by atoms with Gasteiger partial charge < -0.3 is 15.3 Å². The van der Waals surface area contributed by atoms with Gasteiger partial charge in [-0.05, 0) is 60.6 Å².